The first kappa shape index (κ1) is 14.5. The Morgan fingerprint density at radius 3 is 2.72 bits per heavy atom. The number of hydrogen-bond donors (Lipinski definition) is 1. The molecule has 0 aromatic heterocycles. The van der Waals surface area contributed by atoms with Crippen LogP contribution >= 0.6 is 0 Å². The molecule has 0 aliphatic carbocycles. The van der Waals surface area contributed by atoms with Crippen LogP contribution in [0.5, 0.6) is 0 Å². The fourth-order valence-electron chi connectivity index (χ4n) is 1.61. The number of aliphatic hydroxyl groups is 1. The van der Waals surface area contributed by atoms with E-state index in [1.807, 2.05) is 18.2 Å². The number of aliphatic hydroxyl groups excluding tert-OH is 1. The molecule has 1 atom stereocenters. The van der Waals surface area contributed by atoms with E-state index >= 15 is 0 Å². The summed E-state index contributed by atoms with van der Waals surface area (Å²) in [6.07, 6.45) is 4.33. The van der Waals surface area contributed by atoms with Crippen molar-refractivity contribution in [3.05, 3.63) is 48.6 Å². The highest BCUT2D eigenvalue weighted by atomic mass is 16.5. The summed E-state index contributed by atoms with van der Waals surface area (Å²) in [5.41, 5.74) is 0.573. The summed E-state index contributed by atoms with van der Waals surface area (Å²) in [6.45, 7) is 3.97. The lowest BCUT2D eigenvalue weighted by Crippen LogP contribution is -2.08. The third-order valence-electron chi connectivity index (χ3n) is 2.61. The predicted octanol–water partition coefficient (Wildman–Crippen LogP) is 2.95. The van der Waals surface area contributed by atoms with Gasteiger partial charge in [-0.05, 0) is 37.8 Å². The van der Waals surface area contributed by atoms with Crippen LogP contribution in [0.4, 0.5) is 0 Å². The maximum atomic E-state index is 11.6. The predicted molar refractivity (Wildman–Crippen MR) is 71.4 cm³/mol. The van der Waals surface area contributed by atoms with E-state index in [2.05, 4.69) is 6.58 Å². The highest BCUT2D eigenvalue weighted by Gasteiger charge is 2.06. The lowest BCUT2D eigenvalue weighted by Gasteiger charge is -2.08. The Morgan fingerprint density at radius 2 is 2.06 bits per heavy atom. The molecular formula is C15H20O3. The van der Waals surface area contributed by atoms with E-state index in [1.165, 1.54) is 0 Å². The summed E-state index contributed by atoms with van der Waals surface area (Å²) in [5, 5.41) is 9.46. The summed E-state index contributed by atoms with van der Waals surface area (Å²) in [4.78, 5) is 11.6. The second kappa shape index (κ2) is 8.48. The number of unbranched alkanes of at least 4 members (excludes halogenated alkanes) is 1. The second-order valence-electron chi connectivity index (χ2n) is 4.18. The van der Waals surface area contributed by atoms with Crippen LogP contribution in [0.3, 0.4) is 0 Å². The van der Waals surface area contributed by atoms with Gasteiger partial charge in [0.05, 0.1) is 18.3 Å². The van der Waals surface area contributed by atoms with Crippen molar-refractivity contribution >= 4 is 5.97 Å². The van der Waals surface area contributed by atoms with Gasteiger partial charge in [-0.15, -0.1) is 6.58 Å². The lowest BCUT2D eigenvalue weighted by molar-refractivity contribution is 0.0493. The van der Waals surface area contributed by atoms with Crippen LogP contribution in [0, 0.1) is 0 Å². The molecule has 0 amide bonds. The van der Waals surface area contributed by atoms with Crippen LogP contribution in [0.25, 0.3) is 0 Å². The van der Waals surface area contributed by atoms with Crippen LogP contribution in [-0.4, -0.2) is 23.8 Å². The zero-order valence-corrected chi connectivity index (χ0v) is 10.5. The van der Waals surface area contributed by atoms with Crippen LogP contribution in [-0.2, 0) is 4.74 Å². The molecule has 0 saturated carbocycles. The molecular weight excluding hydrogens is 228 g/mol. The van der Waals surface area contributed by atoms with Gasteiger partial charge in [0.1, 0.15) is 0 Å². The van der Waals surface area contributed by atoms with Gasteiger partial charge in [-0.3, -0.25) is 0 Å². The molecule has 0 spiro atoms. The molecule has 1 aromatic carbocycles. The smallest absolute Gasteiger partial charge is 0.338 e. The summed E-state index contributed by atoms with van der Waals surface area (Å²) in [5.74, 6) is -0.290. The van der Waals surface area contributed by atoms with Gasteiger partial charge >= 0.3 is 5.97 Å². The first-order chi connectivity index (χ1) is 8.74. The van der Waals surface area contributed by atoms with Crippen LogP contribution < -0.4 is 0 Å². The Kier molecular flexibility index (Phi) is 6.81. The number of carbonyl (C=O) groups is 1. The van der Waals surface area contributed by atoms with Crippen molar-refractivity contribution in [2.75, 3.05) is 6.61 Å². The van der Waals surface area contributed by atoms with E-state index in [0.717, 1.165) is 19.3 Å². The first-order valence-corrected chi connectivity index (χ1v) is 6.25. The van der Waals surface area contributed by atoms with Gasteiger partial charge in [-0.1, -0.05) is 24.3 Å². The normalized spacial score (nSPS) is 11.8. The molecule has 3 heteroatoms. The number of rotatable bonds is 8. The van der Waals surface area contributed by atoms with Crippen LogP contribution in [0.2, 0.25) is 0 Å². The van der Waals surface area contributed by atoms with Gasteiger partial charge in [0, 0.05) is 0 Å². The molecule has 0 bridgehead atoms. The summed E-state index contributed by atoms with van der Waals surface area (Å²) < 4.78 is 5.13. The number of ether oxygens (including phenoxy) is 1. The molecule has 0 aliphatic rings. The Labute approximate surface area is 108 Å². The number of carbonyl (C=O) groups excluding carboxylic acids is 1. The van der Waals surface area contributed by atoms with Gasteiger partial charge in [-0.25, -0.2) is 4.79 Å². The molecule has 98 valence electrons. The number of esters is 1. The molecule has 3 nitrogen and oxygen atoms in total. The maximum absolute atomic E-state index is 11.6. The Morgan fingerprint density at radius 1 is 1.33 bits per heavy atom. The lowest BCUT2D eigenvalue weighted by atomic mass is 10.1. The quantitative estimate of drug-likeness (QED) is 0.437. The monoisotopic (exact) mass is 248 g/mol. The van der Waals surface area contributed by atoms with Crippen molar-refractivity contribution in [1.29, 1.82) is 0 Å². The summed E-state index contributed by atoms with van der Waals surface area (Å²) in [7, 11) is 0. The highest BCUT2D eigenvalue weighted by Crippen LogP contribution is 2.06. The third-order valence-corrected chi connectivity index (χ3v) is 2.61. The highest BCUT2D eigenvalue weighted by molar-refractivity contribution is 5.89. The van der Waals surface area contributed by atoms with Crippen molar-refractivity contribution in [3.8, 4) is 0 Å². The van der Waals surface area contributed by atoms with Crippen LogP contribution in [0.1, 0.15) is 36.0 Å². The Bertz CT molecular complexity index is 359. The minimum Gasteiger partial charge on any atom is -0.462 e. The summed E-state index contributed by atoms with van der Waals surface area (Å²) >= 11 is 0. The average molecular weight is 248 g/mol. The van der Waals surface area contributed by atoms with Crippen molar-refractivity contribution < 1.29 is 14.6 Å². The summed E-state index contributed by atoms with van der Waals surface area (Å²) in [6, 6.07) is 8.94. The average Bonchev–Trinajstić information content (AvgIpc) is 2.39. The van der Waals surface area contributed by atoms with E-state index in [0.29, 0.717) is 18.6 Å². The molecule has 0 fully saturated rings. The second-order valence-corrected chi connectivity index (χ2v) is 4.18. The standard InChI is InChI=1S/C15H20O3/c1-2-8-14(16)11-6-7-12-18-15(17)13-9-4-3-5-10-13/h2-5,9-10,14,16H,1,6-8,11-12H2/t14-/m1/s1. The van der Waals surface area contributed by atoms with Crippen LogP contribution in [0.15, 0.2) is 43.0 Å². The SMILES string of the molecule is C=CC[C@@H](O)CCCCOC(=O)c1ccccc1. The zero-order chi connectivity index (χ0) is 13.2. The van der Waals surface area contributed by atoms with Gasteiger partial charge in [0.15, 0.2) is 0 Å². The van der Waals surface area contributed by atoms with Gasteiger partial charge < -0.3 is 9.84 Å². The largest absolute Gasteiger partial charge is 0.462 e. The topological polar surface area (TPSA) is 46.5 Å². The van der Waals surface area contributed by atoms with E-state index in [9.17, 15) is 9.90 Å². The van der Waals surface area contributed by atoms with Gasteiger partial charge in [0.2, 0.25) is 0 Å². The first-order valence-electron chi connectivity index (χ1n) is 6.25. The van der Waals surface area contributed by atoms with E-state index < -0.39 is 0 Å². The van der Waals surface area contributed by atoms with Crippen molar-refractivity contribution in [1.82, 2.24) is 0 Å². The van der Waals surface area contributed by atoms with E-state index in [1.54, 1.807) is 18.2 Å². The molecule has 18 heavy (non-hydrogen) atoms. The van der Waals surface area contributed by atoms with Crippen molar-refractivity contribution in [3.63, 3.8) is 0 Å². The molecule has 0 heterocycles. The van der Waals surface area contributed by atoms with Gasteiger partial charge in [-0.2, -0.15) is 0 Å². The Balaban J connectivity index is 2.11. The van der Waals surface area contributed by atoms with Crippen molar-refractivity contribution in [2.45, 2.75) is 31.8 Å². The maximum Gasteiger partial charge on any atom is 0.338 e. The minimum atomic E-state index is -0.327. The number of hydrogen-bond acceptors (Lipinski definition) is 3. The van der Waals surface area contributed by atoms with Crippen molar-refractivity contribution in [2.24, 2.45) is 0 Å². The fraction of sp³-hybridized carbons (Fsp3) is 0.400. The van der Waals surface area contributed by atoms with E-state index in [4.69, 9.17) is 4.74 Å². The molecule has 1 rings (SSSR count). The molecule has 0 radical (unpaired) electrons. The number of benzene rings is 1. The third kappa shape index (κ3) is 5.64. The molecule has 0 aliphatic heterocycles. The fourth-order valence-corrected chi connectivity index (χ4v) is 1.61. The minimum absolute atomic E-state index is 0.290. The molecule has 0 saturated heterocycles. The van der Waals surface area contributed by atoms with Gasteiger partial charge in [0.25, 0.3) is 0 Å². The van der Waals surface area contributed by atoms with E-state index in [-0.39, 0.29) is 12.1 Å². The molecule has 1 N–H and O–H groups in total. The molecule has 1 aromatic rings. The zero-order valence-electron chi connectivity index (χ0n) is 10.5. The molecule has 0 unspecified atom stereocenters. The Hall–Kier alpha value is -1.61.